The monoisotopic (exact) mass is 298 g/mol. The van der Waals surface area contributed by atoms with E-state index in [0.29, 0.717) is 0 Å². The van der Waals surface area contributed by atoms with Crippen molar-refractivity contribution in [2.75, 3.05) is 6.26 Å². The van der Waals surface area contributed by atoms with E-state index in [1.165, 1.54) is 0 Å². The normalized spacial score (nSPS) is 10.6. The first kappa shape index (κ1) is 13.3. The number of fused-ring (bicyclic) bond motifs is 1. The van der Waals surface area contributed by atoms with Gasteiger partial charge >= 0.3 is 10.1 Å². The summed E-state index contributed by atoms with van der Waals surface area (Å²) in [5.41, 5.74) is 1.15. The summed E-state index contributed by atoms with van der Waals surface area (Å²) in [6.07, 6.45) is 2.01. The van der Waals surface area contributed by atoms with Gasteiger partial charge in [0.05, 0.1) is 12.1 Å². The molecule has 2 heterocycles. The van der Waals surface area contributed by atoms with Crippen molar-refractivity contribution >= 4 is 28.1 Å². The molecule has 7 heteroatoms. The molecule has 0 saturated carbocycles. The molecule has 4 nitrogen and oxygen atoms in total. The van der Waals surface area contributed by atoms with Crippen LogP contribution < -0.4 is 16.9 Å². The van der Waals surface area contributed by atoms with Gasteiger partial charge in [-0.05, 0) is 17.6 Å². The first-order valence-corrected chi connectivity index (χ1v) is 7.19. The van der Waals surface area contributed by atoms with Crippen molar-refractivity contribution in [3.05, 3.63) is 30.3 Å². The molecular weight excluding hydrogens is 288 g/mol. The molecule has 0 unspecified atom stereocenters. The Balaban J connectivity index is 0.00000120. The first-order valence-electron chi connectivity index (χ1n) is 5.15. The third-order valence-corrected chi connectivity index (χ3v) is 4.21. The van der Waals surface area contributed by atoms with Crippen molar-refractivity contribution in [3.8, 4) is 10.6 Å². The third kappa shape index (κ3) is 2.11. The van der Waals surface area contributed by atoms with Gasteiger partial charge in [-0.1, -0.05) is 56.4 Å². The van der Waals surface area contributed by atoms with Gasteiger partial charge in [0.25, 0.3) is 0 Å². The SMILES string of the molecule is CSc1nn(C)c2sc(-c3ccccc3)n[n+]12.[Cl-]. The summed E-state index contributed by atoms with van der Waals surface area (Å²) in [6, 6.07) is 10.2. The molecule has 0 N–H and O–H groups in total. The lowest BCUT2D eigenvalue weighted by molar-refractivity contribution is -0.616. The molecule has 3 aromatic rings. The highest BCUT2D eigenvalue weighted by molar-refractivity contribution is 7.98. The Morgan fingerprint density at radius 3 is 2.67 bits per heavy atom. The van der Waals surface area contributed by atoms with Gasteiger partial charge < -0.3 is 12.4 Å². The van der Waals surface area contributed by atoms with E-state index in [4.69, 9.17) is 0 Å². The van der Waals surface area contributed by atoms with Gasteiger partial charge in [-0.2, -0.15) is 0 Å². The molecule has 0 aliphatic rings. The molecule has 3 rings (SSSR count). The summed E-state index contributed by atoms with van der Waals surface area (Å²) in [4.78, 5) is 1.05. The maximum Gasteiger partial charge on any atom is 0.361 e. The Morgan fingerprint density at radius 2 is 2.00 bits per heavy atom. The quantitative estimate of drug-likeness (QED) is 0.450. The van der Waals surface area contributed by atoms with Crippen molar-refractivity contribution in [2.24, 2.45) is 7.05 Å². The Labute approximate surface area is 119 Å². The second-order valence-electron chi connectivity index (χ2n) is 3.58. The third-order valence-electron chi connectivity index (χ3n) is 2.46. The number of aromatic nitrogens is 4. The van der Waals surface area contributed by atoms with Crippen molar-refractivity contribution < 1.29 is 16.9 Å². The second kappa shape index (κ2) is 5.26. The van der Waals surface area contributed by atoms with Crippen LogP contribution in [-0.2, 0) is 7.05 Å². The topological polar surface area (TPSA) is 34.8 Å². The molecular formula is C11H11ClN4S2. The van der Waals surface area contributed by atoms with E-state index in [0.717, 1.165) is 20.7 Å². The summed E-state index contributed by atoms with van der Waals surface area (Å²) in [6.45, 7) is 0. The first-order chi connectivity index (χ1) is 8.29. The van der Waals surface area contributed by atoms with Crippen molar-refractivity contribution in [2.45, 2.75) is 5.16 Å². The molecule has 0 spiro atoms. The Bertz CT molecular complexity index is 662. The Morgan fingerprint density at radius 1 is 1.28 bits per heavy atom. The minimum Gasteiger partial charge on any atom is -1.00 e. The van der Waals surface area contributed by atoms with Crippen LogP contribution in [0, 0.1) is 0 Å². The van der Waals surface area contributed by atoms with Crippen molar-refractivity contribution in [1.82, 2.24) is 14.9 Å². The van der Waals surface area contributed by atoms with E-state index >= 15 is 0 Å². The van der Waals surface area contributed by atoms with E-state index in [1.54, 1.807) is 23.1 Å². The maximum absolute atomic E-state index is 4.61. The van der Waals surface area contributed by atoms with Gasteiger partial charge in [-0.3, -0.25) is 0 Å². The van der Waals surface area contributed by atoms with E-state index in [1.807, 2.05) is 40.7 Å². The summed E-state index contributed by atoms with van der Waals surface area (Å²) in [5.74, 6) is 0. The number of halogens is 1. The molecule has 0 radical (unpaired) electrons. The van der Waals surface area contributed by atoms with Crippen LogP contribution in [0.3, 0.4) is 0 Å². The number of thioether (sulfide) groups is 1. The van der Waals surface area contributed by atoms with Gasteiger partial charge in [0, 0.05) is 5.56 Å². The van der Waals surface area contributed by atoms with Crippen LogP contribution in [-0.4, -0.2) is 21.1 Å². The predicted octanol–water partition coefficient (Wildman–Crippen LogP) is -0.992. The number of benzene rings is 1. The fourth-order valence-corrected chi connectivity index (χ4v) is 3.15. The molecule has 18 heavy (non-hydrogen) atoms. The minimum absolute atomic E-state index is 0. The van der Waals surface area contributed by atoms with Crippen LogP contribution in [0.4, 0.5) is 0 Å². The molecule has 0 atom stereocenters. The summed E-state index contributed by atoms with van der Waals surface area (Å²) >= 11 is 3.26. The van der Waals surface area contributed by atoms with Crippen molar-refractivity contribution in [3.63, 3.8) is 0 Å². The van der Waals surface area contributed by atoms with Gasteiger partial charge in [0.2, 0.25) is 0 Å². The standard InChI is InChI=1S/C11H11N4S2.ClH/c1-14-11-15(10(13-14)16-2)12-9(17-11)8-6-4-3-5-7-8;/h3-7H,1-2H3;1H/q+1;/p-1. The molecule has 94 valence electrons. The van der Waals surface area contributed by atoms with Gasteiger partial charge in [-0.25, -0.2) is 0 Å². The number of rotatable bonds is 2. The van der Waals surface area contributed by atoms with Crippen molar-refractivity contribution in [1.29, 1.82) is 0 Å². The van der Waals surface area contributed by atoms with Crippen LogP contribution in [0.5, 0.6) is 0 Å². The van der Waals surface area contributed by atoms with E-state index in [9.17, 15) is 0 Å². The number of aryl methyl sites for hydroxylation is 1. The highest BCUT2D eigenvalue weighted by Gasteiger charge is 2.22. The highest BCUT2D eigenvalue weighted by atomic mass is 35.5. The average Bonchev–Trinajstić information content (AvgIpc) is 2.92. The molecule has 0 saturated heterocycles. The fraction of sp³-hybridized carbons (Fsp3) is 0.182. The van der Waals surface area contributed by atoms with E-state index in [2.05, 4.69) is 22.3 Å². The largest absolute Gasteiger partial charge is 1.00 e. The molecule has 0 amide bonds. The number of nitrogens with zero attached hydrogens (tertiary/aromatic N) is 4. The average molecular weight is 299 g/mol. The van der Waals surface area contributed by atoms with Gasteiger partial charge in [-0.15, -0.1) is 0 Å². The van der Waals surface area contributed by atoms with Gasteiger partial charge in [0.1, 0.15) is 0 Å². The van der Waals surface area contributed by atoms with Crippen LogP contribution >= 0.6 is 23.1 Å². The second-order valence-corrected chi connectivity index (χ2v) is 5.31. The number of hydrogen-bond acceptors (Lipinski definition) is 4. The van der Waals surface area contributed by atoms with Crippen LogP contribution in [0.25, 0.3) is 15.5 Å². The molecule has 1 aromatic carbocycles. The zero-order valence-electron chi connectivity index (χ0n) is 9.87. The minimum atomic E-state index is 0. The molecule has 0 aliphatic carbocycles. The summed E-state index contributed by atoms with van der Waals surface area (Å²) < 4.78 is 3.77. The highest BCUT2D eigenvalue weighted by Crippen LogP contribution is 2.23. The molecule has 2 aromatic heterocycles. The van der Waals surface area contributed by atoms with E-state index < -0.39 is 0 Å². The lowest BCUT2D eigenvalue weighted by Crippen LogP contribution is -3.00. The maximum atomic E-state index is 4.61. The van der Waals surface area contributed by atoms with Gasteiger partial charge in [0.15, 0.2) is 5.01 Å². The Hall–Kier alpha value is -1.11. The fourth-order valence-electron chi connectivity index (χ4n) is 1.65. The van der Waals surface area contributed by atoms with E-state index in [-0.39, 0.29) is 12.4 Å². The number of hydrogen-bond donors (Lipinski definition) is 0. The predicted molar refractivity (Wildman–Crippen MR) is 69.3 cm³/mol. The lowest BCUT2D eigenvalue weighted by atomic mass is 10.2. The smallest absolute Gasteiger partial charge is 0.361 e. The van der Waals surface area contributed by atoms with Crippen LogP contribution in [0.15, 0.2) is 35.5 Å². The Kier molecular flexibility index (Phi) is 3.89. The summed E-state index contributed by atoms with van der Waals surface area (Å²) in [5, 5.41) is 10.9. The summed E-state index contributed by atoms with van der Waals surface area (Å²) in [7, 11) is 1.95. The van der Waals surface area contributed by atoms with Crippen LogP contribution in [0.2, 0.25) is 0 Å². The van der Waals surface area contributed by atoms with Crippen LogP contribution in [0.1, 0.15) is 0 Å². The zero-order valence-corrected chi connectivity index (χ0v) is 12.3. The molecule has 0 fully saturated rings. The molecule has 0 aliphatic heterocycles. The lowest BCUT2D eigenvalue weighted by Gasteiger charge is -1.90. The zero-order chi connectivity index (χ0) is 11.8. The molecule has 0 bridgehead atoms.